The minimum absolute atomic E-state index is 0.111. The van der Waals surface area contributed by atoms with E-state index < -0.39 is 17.0 Å². The van der Waals surface area contributed by atoms with E-state index in [1.165, 1.54) is 36.3 Å². The van der Waals surface area contributed by atoms with Gasteiger partial charge >= 0.3 is 12.1 Å². The fraction of sp³-hybridized carbons (Fsp3) is 0.100. The van der Waals surface area contributed by atoms with Gasteiger partial charge in [0.05, 0.1) is 35.9 Å². The lowest BCUT2D eigenvalue weighted by atomic mass is 10.0. The van der Waals surface area contributed by atoms with Gasteiger partial charge in [-0.2, -0.15) is 5.10 Å². The molecule has 5 aromatic rings. The average Bonchev–Trinajstić information content (AvgIpc) is 3.35. The van der Waals surface area contributed by atoms with E-state index in [0.29, 0.717) is 11.3 Å². The van der Waals surface area contributed by atoms with Gasteiger partial charge in [0.25, 0.3) is 5.69 Å². The smallest absolute Gasteiger partial charge is 0.420 e. The number of esters is 1. The topological polar surface area (TPSA) is 117 Å². The highest BCUT2D eigenvalue weighted by atomic mass is 16.6. The molecule has 1 aromatic heterocycles. The number of ether oxygens (including phenoxy) is 2. The number of nitro groups is 1. The molecule has 0 aliphatic carbocycles. The number of methoxy groups -OCH3 is 1. The average molecular weight is 537 g/mol. The molecule has 0 bridgehead atoms. The normalized spacial score (nSPS) is 10.8. The Balaban J connectivity index is 1.47. The van der Waals surface area contributed by atoms with Gasteiger partial charge in [-0.15, -0.1) is 0 Å². The van der Waals surface area contributed by atoms with Crippen molar-refractivity contribution in [1.82, 2.24) is 9.78 Å². The molecule has 1 amide bonds. The van der Waals surface area contributed by atoms with Crippen molar-refractivity contribution in [3.63, 3.8) is 0 Å². The number of nitro benzene ring substituents is 1. The Bertz CT molecular complexity index is 1710. The number of hydrogen-bond acceptors (Lipinski definition) is 7. The molecule has 0 saturated heterocycles. The molecule has 0 spiro atoms. The largest absolute Gasteiger partial charge is 0.465 e. The Morgan fingerprint density at radius 1 is 0.950 bits per heavy atom. The molecule has 0 aliphatic heterocycles. The monoisotopic (exact) mass is 536 g/mol. The van der Waals surface area contributed by atoms with Gasteiger partial charge in [0, 0.05) is 30.3 Å². The number of hydrogen-bond donors (Lipinski definition) is 0. The highest BCUT2D eigenvalue weighted by Crippen LogP contribution is 2.29. The van der Waals surface area contributed by atoms with Crippen LogP contribution in [0.2, 0.25) is 0 Å². The summed E-state index contributed by atoms with van der Waals surface area (Å²) in [5.41, 5.74) is 4.44. The fourth-order valence-electron chi connectivity index (χ4n) is 4.30. The van der Waals surface area contributed by atoms with Crippen LogP contribution in [0.1, 0.15) is 15.9 Å². The Morgan fingerprint density at radius 2 is 1.68 bits per heavy atom. The summed E-state index contributed by atoms with van der Waals surface area (Å²) in [5.74, 6) is -0.293. The van der Waals surface area contributed by atoms with Crippen molar-refractivity contribution in [2.75, 3.05) is 12.0 Å². The number of non-ortho nitro benzene ring substituents is 1. The first-order chi connectivity index (χ1) is 19.3. The van der Waals surface area contributed by atoms with E-state index >= 15 is 0 Å². The second-order valence-electron chi connectivity index (χ2n) is 8.99. The van der Waals surface area contributed by atoms with Crippen molar-refractivity contribution < 1.29 is 24.0 Å². The van der Waals surface area contributed by atoms with Crippen LogP contribution in [0.3, 0.4) is 0 Å². The second-order valence-corrected chi connectivity index (χ2v) is 8.99. The van der Waals surface area contributed by atoms with Crippen LogP contribution in [0, 0.1) is 10.1 Å². The number of carbonyl (C=O) groups is 2. The summed E-state index contributed by atoms with van der Waals surface area (Å²) in [4.78, 5) is 37.2. The molecule has 5 rings (SSSR count). The van der Waals surface area contributed by atoms with Crippen LogP contribution in [0.25, 0.3) is 22.0 Å². The summed E-state index contributed by atoms with van der Waals surface area (Å²) in [6.45, 7) is 0.137. The van der Waals surface area contributed by atoms with E-state index in [-0.39, 0.29) is 18.0 Å². The second kappa shape index (κ2) is 11.1. The van der Waals surface area contributed by atoms with Gasteiger partial charge in [0.1, 0.15) is 5.75 Å². The maximum absolute atomic E-state index is 13.5. The van der Waals surface area contributed by atoms with Crippen LogP contribution >= 0.6 is 0 Å². The molecule has 10 heteroatoms. The first kappa shape index (κ1) is 26.1. The molecule has 200 valence electrons. The van der Waals surface area contributed by atoms with Crippen LogP contribution in [-0.2, 0) is 18.3 Å². The lowest BCUT2D eigenvalue weighted by molar-refractivity contribution is -0.384. The van der Waals surface area contributed by atoms with Crippen LogP contribution in [-0.4, -0.2) is 33.9 Å². The fourth-order valence-corrected chi connectivity index (χ4v) is 4.30. The van der Waals surface area contributed by atoms with Crippen molar-refractivity contribution in [2.24, 2.45) is 7.05 Å². The molecular formula is C30H24N4O6. The number of carbonyl (C=O) groups excluding carboxylic acids is 2. The Hall–Kier alpha value is -5.51. The Labute approximate surface area is 229 Å². The maximum atomic E-state index is 13.5. The SMILES string of the molecule is COC(=O)c1ccc(CN(C(=O)Oc2ccc([N+](=O)[O-])cc2)c2cccc(-c3ccc4c(cnn4C)c3)c2)cc1. The quantitative estimate of drug-likeness (QED) is 0.139. The number of aryl methyl sites for hydroxylation is 1. The van der Waals surface area contributed by atoms with Gasteiger partial charge in [-0.05, 0) is 65.2 Å². The highest BCUT2D eigenvalue weighted by molar-refractivity contribution is 5.92. The first-order valence-corrected chi connectivity index (χ1v) is 12.3. The van der Waals surface area contributed by atoms with E-state index in [1.807, 2.05) is 43.4 Å². The van der Waals surface area contributed by atoms with E-state index in [4.69, 9.17) is 9.47 Å². The predicted molar refractivity (Wildman–Crippen MR) is 149 cm³/mol. The first-order valence-electron chi connectivity index (χ1n) is 12.3. The van der Waals surface area contributed by atoms with Crippen LogP contribution in [0.5, 0.6) is 5.75 Å². The third kappa shape index (κ3) is 5.51. The number of fused-ring (bicyclic) bond motifs is 1. The minimum atomic E-state index is -0.675. The van der Waals surface area contributed by atoms with Crippen molar-refractivity contribution in [2.45, 2.75) is 6.54 Å². The third-order valence-corrected chi connectivity index (χ3v) is 6.43. The summed E-state index contributed by atoms with van der Waals surface area (Å²) in [6, 6.07) is 25.5. The van der Waals surface area contributed by atoms with E-state index in [9.17, 15) is 19.7 Å². The van der Waals surface area contributed by atoms with Gasteiger partial charge in [0.15, 0.2) is 0 Å². The number of anilines is 1. The van der Waals surface area contributed by atoms with E-state index in [0.717, 1.165) is 27.6 Å². The lowest BCUT2D eigenvalue weighted by Gasteiger charge is -2.23. The predicted octanol–water partition coefficient (Wildman–Crippen LogP) is 6.14. The zero-order valence-electron chi connectivity index (χ0n) is 21.7. The highest BCUT2D eigenvalue weighted by Gasteiger charge is 2.20. The van der Waals surface area contributed by atoms with Gasteiger partial charge in [-0.25, -0.2) is 9.59 Å². The molecule has 0 radical (unpaired) electrons. The molecule has 0 fully saturated rings. The summed E-state index contributed by atoms with van der Waals surface area (Å²) in [6.07, 6.45) is 1.12. The lowest BCUT2D eigenvalue weighted by Crippen LogP contribution is -2.33. The molecule has 0 atom stereocenters. The van der Waals surface area contributed by atoms with Gasteiger partial charge in [-0.3, -0.25) is 19.7 Å². The summed E-state index contributed by atoms with van der Waals surface area (Å²) < 4.78 is 12.2. The van der Waals surface area contributed by atoms with Gasteiger partial charge in [-0.1, -0.05) is 30.3 Å². The number of nitrogens with zero attached hydrogens (tertiary/aromatic N) is 4. The molecule has 40 heavy (non-hydrogen) atoms. The Kier molecular flexibility index (Phi) is 7.23. The van der Waals surface area contributed by atoms with Crippen LogP contribution in [0.4, 0.5) is 16.2 Å². The van der Waals surface area contributed by atoms with Crippen LogP contribution in [0.15, 0.2) is 97.2 Å². The number of aromatic nitrogens is 2. The third-order valence-electron chi connectivity index (χ3n) is 6.43. The molecule has 0 N–H and O–H groups in total. The van der Waals surface area contributed by atoms with Crippen molar-refractivity contribution in [1.29, 1.82) is 0 Å². The zero-order chi connectivity index (χ0) is 28.2. The van der Waals surface area contributed by atoms with E-state index in [1.54, 1.807) is 41.2 Å². The molecular weight excluding hydrogens is 512 g/mol. The van der Waals surface area contributed by atoms with Crippen molar-refractivity contribution in [3.05, 3.63) is 118 Å². The molecule has 4 aromatic carbocycles. The standard InChI is InChI=1S/C30H24N4O6/c1-32-28-15-10-23(16-24(28)18-31-32)22-4-3-5-26(17-22)33(19-20-6-8-21(9-7-20)29(35)39-2)30(36)40-27-13-11-25(12-14-27)34(37)38/h3-18H,19H2,1-2H3. The number of amides is 1. The number of rotatable bonds is 7. The minimum Gasteiger partial charge on any atom is -0.465 e. The van der Waals surface area contributed by atoms with Crippen molar-refractivity contribution >= 4 is 34.3 Å². The molecule has 1 heterocycles. The van der Waals surface area contributed by atoms with Crippen molar-refractivity contribution in [3.8, 4) is 16.9 Å². The molecule has 0 saturated carbocycles. The summed E-state index contributed by atoms with van der Waals surface area (Å²) in [7, 11) is 3.19. The summed E-state index contributed by atoms with van der Waals surface area (Å²) >= 11 is 0. The van der Waals surface area contributed by atoms with Crippen LogP contribution < -0.4 is 9.64 Å². The van der Waals surface area contributed by atoms with Gasteiger partial charge in [0.2, 0.25) is 0 Å². The molecule has 0 unspecified atom stereocenters. The number of benzene rings is 4. The van der Waals surface area contributed by atoms with Gasteiger partial charge < -0.3 is 9.47 Å². The zero-order valence-corrected chi connectivity index (χ0v) is 21.7. The summed E-state index contributed by atoms with van der Waals surface area (Å²) in [5, 5.41) is 16.3. The molecule has 0 aliphatic rings. The molecule has 10 nitrogen and oxygen atoms in total. The maximum Gasteiger partial charge on any atom is 0.420 e. The Morgan fingerprint density at radius 3 is 2.38 bits per heavy atom. The van der Waals surface area contributed by atoms with E-state index in [2.05, 4.69) is 5.10 Å².